The molecule has 4 unspecified atom stereocenters. The SMILES string of the molecule is [C-]#[N+]c1c(N)sc2c(F)ccc(-c3c(C(F)(F)F)cc4c(N5CC6CCC(C5)N6)nc(OCC56CCCN5CC(F)C6)nc4c3F)c12. The number of nitrogens with zero attached hydrogens (tertiary/aromatic N) is 5. The second kappa shape index (κ2) is 10.8. The van der Waals surface area contributed by atoms with Gasteiger partial charge in [-0.25, -0.2) is 18.0 Å². The number of nitrogen functional groups attached to an aromatic ring is 1. The highest BCUT2D eigenvalue weighted by Gasteiger charge is 2.49. The second-order valence-corrected chi connectivity index (χ2v) is 14.0. The molecule has 0 spiro atoms. The normalized spacial score (nSPS) is 26.0. The van der Waals surface area contributed by atoms with Gasteiger partial charge in [-0.15, -0.1) is 11.3 Å². The van der Waals surface area contributed by atoms with E-state index in [-0.39, 0.29) is 68.7 Å². The van der Waals surface area contributed by atoms with Gasteiger partial charge in [0.25, 0.3) is 0 Å². The summed E-state index contributed by atoms with van der Waals surface area (Å²) in [6, 6.07) is 2.76. The monoisotopic (exact) mass is 673 g/mol. The van der Waals surface area contributed by atoms with Crippen molar-refractivity contribution < 1.29 is 31.1 Å². The van der Waals surface area contributed by atoms with Crippen LogP contribution < -0.4 is 20.7 Å². The van der Waals surface area contributed by atoms with E-state index in [4.69, 9.17) is 17.0 Å². The Labute approximate surface area is 269 Å². The standard InChI is InChI=1S/C32H29F6N7OS/c1-40-26-23-18(5-6-21(34)27(23)47-28(26)39)22-20(32(36,37)38)9-19-25(24(22)35)42-30(43-29(19)44-12-16-3-4-17(13-44)41-16)46-14-31-7-2-8-45(31)11-15(33)10-31/h5-6,9,15-17,41H,2-4,7-8,10-14,39H2. The highest BCUT2D eigenvalue weighted by atomic mass is 32.1. The lowest BCUT2D eigenvalue weighted by Crippen LogP contribution is -2.51. The lowest BCUT2D eigenvalue weighted by molar-refractivity contribution is -0.137. The summed E-state index contributed by atoms with van der Waals surface area (Å²) in [5, 5.41) is 3.05. The van der Waals surface area contributed by atoms with Gasteiger partial charge in [0.15, 0.2) is 5.82 Å². The summed E-state index contributed by atoms with van der Waals surface area (Å²) in [5.41, 5.74) is 2.23. The summed E-state index contributed by atoms with van der Waals surface area (Å²) in [4.78, 5) is 16.2. The number of nitrogens with two attached hydrogens (primary N) is 1. The third kappa shape index (κ3) is 4.86. The molecule has 4 aliphatic heterocycles. The van der Waals surface area contributed by atoms with Crippen molar-refractivity contribution in [2.75, 3.05) is 43.4 Å². The number of alkyl halides is 4. The zero-order chi connectivity index (χ0) is 32.8. The molecule has 8 nitrogen and oxygen atoms in total. The molecule has 47 heavy (non-hydrogen) atoms. The molecule has 15 heteroatoms. The van der Waals surface area contributed by atoms with E-state index in [2.05, 4.69) is 20.1 Å². The maximum absolute atomic E-state index is 17.0. The van der Waals surface area contributed by atoms with E-state index in [0.29, 0.717) is 37.4 Å². The first-order valence-corrected chi connectivity index (χ1v) is 16.3. The molecule has 0 amide bonds. The predicted molar refractivity (Wildman–Crippen MR) is 167 cm³/mol. The number of thiophene rings is 1. The van der Waals surface area contributed by atoms with E-state index in [1.165, 1.54) is 0 Å². The van der Waals surface area contributed by atoms with Gasteiger partial charge in [0.2, 0.25) is 5.69 Å². The van der Waals surface area contributed by atoms with Crippen molar-refractivity contribution in [3.05, 3.63) is 46.8 Å². The predicted octanol–water partition coefficient (Wildman–Crippen LogP) is 6.84. The Morgan fingerprint density at radius 2 is 1.91 bits per heavy atom. The molecule has 6 heterocycles. The average Bonchev–Trinajstić information content (AvgIpc) is 3.76. The van der Waals surface area contributed by atoms with Crippen molar-refractivity contribution >= 4 is 48.8 Å². The number of fused-ring (bicyclic) bond motifs is 5. The van der Waals surface area contributed by atoms with Gasteiger partial charge >= 0.3 is 12.2 Å². The van der Waals surface area contributed by atoms with Crippen molar-refractivity contribution in [2.45, 2.75) is 62.1 Å². The number of hydrogen-bond acceptors (Lipinski definition) is 8. The minimum atomic E-state index is -5.05. The van der Waals surface area contributed by atoms with Gasteiger partial charge in [0, 0.05) is 54.5 Å². The molecule has 4 fully saturated rings. The smallest absolute Gasteiger partial charge is 0.417 e. The van der Waals surface area contributed by atoms with E-state index >= 15 is 4.39 Å². The number of ether oxygens (including phenoxy) is 1. The number of rotatable bonds is 5. The largest absolute Gasteiger partial charge is 0.461 e. The summed E-state index contributed by atoms with van der Waals surface area (Å²) in [6.45, 7) is 9.54. The number of halogens is 6. The summed E-state index contributed by atoms with van der Waals surface area (Å²) in [6.07, 6.45) is -2.44. The molecule has 246 valence electrons. The van der Waals surface area contributed by atoms with E-state index in [0.717, 1.165) is 44.0 Å². The summed E-state index contributed by atoms with van der Waals surface area (Å²) < 4.78 is 97.0. The minimum Gasteiger partial charge on any atom is -0.461 e. The fraction of sp³-hybridized carbons (Fsp3) is 0.469. The molecule has 2 bridgehead atoms. The first kappa shape index (κ1) is 30.5. The molecular weight excluding hydrogens is 644 g/mol. The van der Waals surface area contributed by atoms with Crippen LogP contribution in [-0.4, -0.2) is 71.4 Å². The molecule has 0 aliphatic carbocycles. The number of benzene rings is 2. The van der Waals surface area contributed by atoms with Crippen LogP contribution in [0.1, 0.15) is 37.7 Å². The third-order valence-corrected chi connectivity index (χ3v) is 11.1. The van der Waals surface area contributed by atoms with Gasteiger partial charge in [-0.05, 0) is 49.9 Å². The quantitative estimate of drug-likeness (QED) is 0.177. The Morgan fingerprint density at radius 1 is 1.15 bits per heavy atom. The number of anilines is 2. The van der Waals surface area contributed by atoms with Crippen molar-refractivity contribution in [1.82, 2.24) is 20.2 Å². The first-order valence-electron chi connectivity index (χ1n) is 15.5. The van der Waals surface area contributed by atoms with Crippen LogP contribution in [0.15, 0.2) is 18.2 Å². The fourth-order valence-corrected chi connectivity index (χ4v) is 9.03. The van der Waals surface area contributed by atoms with E-state index < -0.39 is 46.2 Å². The van der Waals surface area contributed by atoms with Gasteiger partial charge < -0.3 is 20.7 Å². The molecule has 4 saturated heterocycles. The molecule has 8 rings (SSSR count). The second-order valence-electron chi connectivity index (χ2n) is 13.0. The molecule has 3 N–H and O–H groups in total. The van der Waals surface area contributed by atoms with Crippen molar-refractivity contribution in [3.8, 4) is 17.1 Å². The van der Waals surface area contributed by atoms with Crippen LogP contribution in [0, 0.1) is 18.2 Å². The van der Waals surface area contributed by atoms with Gasteiger partial charge in [-0.1, -0.05) is 6.07 Å². The lowest BCUT2D eigenvalue weighted by atomic mass is 9.93. The Balaban J connectivity index is 1.34. The minimum absolute atomic E-state index is 0.0431. The molecule has 4 atom stereocenters. The van der Waals surface area contributed by atoms with Gasteiger partial charge in [0.05, 0.1) is 27.4 Å². The number of nitrogens with one attached hydrogen (secondary N) is 1. The maximum Gasteiger partial charge on any atom is 0.417 e. The Bertz CT molecular complexity index is 1970. The van der Waals surface area contributed by atoms with Crippen molar-refractivity contribution in [1.29, 1.82) is 0 Å². The van der Waals surface area contributed by atoms with E-state index in [9.17, 15) is 22.0 Å². The van der Waals surface area contributed by atoms with Crippen LogP contribution >= 0.6 is 11.3 Å². The van der Waals surface area contributed by atoms with Crippen LogP contribution in [0.3, 0.4) is 0 Å². The summed E-state index contributed by atoms with van der Waals surface area (Å²) in [5.74, 6) is -1.98. The van der Waals surface area contributed by atoms with Crippen LogP contribution in [-0.2, 0) is 6.18 Å². The Kier molecular flexibility index (Phi) is 7.02. The zero-order valence-corrected chi connectivity index (χ0v) is 25.7. The molecule has 0 saturated carbocycles. The highest BCUT2D eigenvalue weighted by molar-refractivity contribution is 7.23. The van der Waals surface area contributed by atoms with Crippen LogP contribution in [0.25, 0.3) is 37.0 Å². The van der Waals surface area contributed by atoms with Gasteiger partial charge in [-0.3, -0.25) is 4.90 Å². The third-order valence-electron chi connectivity index (χ3n) is 10.1. The Hall–Kier alpha value is -3.87. The van der Waals surface area contributed by atoms with Gasteiger partial charge in [-0.2, -0.15) is 23.1 Å². The maximum atomic E-state index is 17.0. The van der Waals surface area contributed by atoms with Crippen LogP contribution in [0.4, 0.5) is 42.8 Å². The molecule has 4 aromatic rings. The number of aromatic nitrogens is 2. The van der Waals surface area contributed by atoms with E-state index in [1.807, 2.05) is 9.80 Å². The summed E-state index contributed by atoms with van der Waals surface area (Å²) >= 11 is 0.714. The average molecular weight is 674 g/mol. The van der Waals surface area contributed by atoms with Crippen molar-refractivity contribution in [2.24, 2.45) is 0 Å². The zero-order valence-electron chi connectivity index (χ0n) is 24.9. The molecular formula is C32H29F6N7OS. The van der Waals surface area contributed by atoms with Gasteiger partial charge in [0.1, 0.15) is 29.9 Å². The summed E-state index contributed by atoms with van der Waals surface area (Å²) in [7, 11) is 0. The highest BCUT2D eigenvalue weighted by Crippen LogP contribution is 2.51. The van der Waals surface area contributed by atoms with Crippen molar-refractivity contribution in [3.63, 3.8) is 0 Å². The topological polar surface area (TPSA) is 83.9 Å². The molecule has 2 aromatic heterocycles. The van der Waals surface area contributed by atoms with Crippen LogP contribution in [0.2, 0.25) is 0 Å². The fourth-order valence-electron chi connectivity index (χ4n) is 8.09. The lowest BCUT2D eigenvalue weighted by Gasteiger charge is -2.35. The Morgan fingerprint density at radius 3 is 2.64 bits per heavy atom. The van der Waals surface area contributed by atoms with Crippen LogP contribution in [0.5, 0.6) is 6.01 Å². The molecule has 0 radical (unpaired) electrons. The first-order chi connectivity index (χ1) is 22.5. The molecule has 2 aromatic carbocycles. The molecule has 4 aliphatic rings. The van der Waals surface area contributed by atoms with E-state index in [1.54, 1.807) is 0 Å². The number of hydrogen-bond donors (Lipinski definition) is 2. The number of piperazine rings is 1.